The van der Waals surface area contributed by atoms with Crippen LogP contribution in [-0.2, 0) is 0 Å². The van der Waals surface area contributed by atoms with Crippen molar-refractivity contribution in [1.29, 1.82) is 0 Å². The zero-order valence-corrected chi connectivity index (χ0v) is 7.20. The molecule has 2 rings (SSSR count). The molecule has 1 N–H and O–H groups in total. The lowest BCUT2D eigenvalue weighted by molar-refractivity contribution is 0.476. The Labute approximate surface area is 76.9 Å². The lowest BCUT2D eigenvalue weighted by Crippen LogP contribution is -1.74. The maximum atomic E-state index is 9.27. The van der Waals surface area contributed by atoms with Crippen molar-refractivity contribution in [2.24, 2.45) is 0 Å². The topological polar surface area (TPSA) is 20.2 Å². The summed E-state index contributed by atoms with van der Waals surface area (Å²) in [6, 6.07) is 11.4. The van der Waals surface area contributed by atoms with E-state index in [2.05, 4.69) is 6.58 Å². The molecule has 0 aliphatic heterocycles. The summed E-state index contributed by atoms with van der Waals surface area (Å²) in [6.07, 6.45) is 1.80. The second-order valence-corrected chi connectivity index (χ2v) is 3.00. The van der Waals surface area contributed by atoms with Crippen molar-refractivity contribution in [2.75, 3.05) is 0 Å². The minimum atomic E-state index is 0.300. The Hall–Kier alpha value is -1.76. The summed E-state index contributed by atoms with van der Waals surface area (Å²) in [5, 5.41) is 11.4. The number of rotatable bonds is 1. The second-order valence-electron chi connectivity index (χ2n) is 3.00. The quantitative estimate of drug-likeness (QED) is 0.696. The van der Waals surface area contributed by atoms with Gasteiger partial charge in [0.25, 0.3) is 0 Å². The van der Waals surface area contributed by atoms with Crippen LogP contribution < -0.4 is 0 Å². The van der Waals surface area contributed by atoms with Crippen LogP contribution >= 0.6 is 0 Å². The molecule has 0 bridgehead atoms. The molecule has 0 heterocycles. The third kappa shape index (κ3) is 1.41. The van der Waals surface area contributed by atoms with Crippen LogP contribution in [0, 0.1) is 0 Å². The van der Waals surface area contributed by atoms with E-state index in [9.17, 15) is 5.11 Å². The molecule has 0 aliphatic carbocycles. The first-order chi connectivity index (χ1) is 6.29. The maximum Gasteiger partial charge on any atom is 0.116 e. The van der Waals surface area contributed by atoms with Crippen molar-refractivity contribution in [1.82, 2.24) is 0 Å². The van der Waals surface area contributed by atoms with E-state index < -0.39 is 0 Å². The van der Waals surface area contributed by atoms with E-state index >= 15 is 0 Å². The average molecular weight is 170 g/mol. The van der Waals surface area contributed by atoms with Crippen LogP contribution in [0.15, 0.2) is 43.0 Å². The summed E-state index contributed by atoms with van der Waals surface area (Å²) < 4.78 is 0. The van der Waals surface area contributed by atoms with E-state index in [1.807, 2.05) is 24.3 Å². The Morgan fingerprint density at radius 3 is 2.54 bits per heavy atom. The Balaban J connectivity index is 2.74. The monoisotopic (exact) mass is 170 g/mol. The van der Waals surface area contributed by atoms with Gasteiger partial charge in [-0.2, -0.15) is 0 Å². The highest BCUT2D eigenvalue weighted by Gasteiger charge is 1.94. The average Bonchev–Trinajstić information content (AvgIpc) is 2.16. The molecule has 1 nitrogen and oxygen atoms in total. The summed E-state index contributed by atoms with van der Waals surface area (Å²) in [5.41, 5.74) is 1.07. The molecule has 0 aromatic heterocycles. The SMILES string of the molecule is C=Cc1ccc2ccc(O)cc2c1. The molecule has 0 radical (unpaired) electrons. The second kappa shape index (κ2) is 2.94. The molecule has 0 fully saturated rings. The number of benzene rings is 2. The van der Waals surface area contributed by atoms with E-state index in [0.29, 0.717) is 5.75 Å². The standard InChI is InChI=1S/C12H10O/c1-2-9-3-4-10-5-6-12(13)8-11(10)7-9/h2-8,13H,1H2. The molecule has 0 atom stereocenters. The van der Waals surface area contributed by atoms with E-state index in [1.165, 1.54) is 0 Å². The van der Waals surface area contributed by atoms with Crippen molar-refractivity contribution in [3.63, 3.8) is 0 Å². The summed E-state index contributed by atoms with van der Waals surface area (Å²) >= 11 is 0. The van der Waals surface area contributed by atoms with Gasteiger partial charge in [-0.3, -0.25) is 0 Å². The lowest BCUT2D eigenvalue weighted by Gasteiger charge is -1.99. The zero-order valence-electron chi connectivity index (χ0n) is 7.20. The molecule has 2 aromatic rings. The smallest absolute Gasteiger partial charge is 0.116 e. The third-order valence-corrected chi connectivity index (χ3v) is 2.08. The molecule has 13 heavy (non-hydrogen) atoms. The predicted molar refractivity (Wildman–Crippen MR) is 55.7 cm³/mol. The fourth-order valence-corrected chi connectivity index (χ4v) is 1.38. The molecule has 1 heteroatoms. The molecule has 0 unspecified atom stereocenters. The summed E-state index contributed by atoms with van der Waals surface area (Å²) in [4.78, 5) is 0. The van der Waals surface area contributed by atoms with Gasteiger partial charge in [-0.15, -0.1) is 0 Å². The molecule has 0 saturated carbocycles. The molecule has 0 amide bonds. The number of hydrogen-bond acceptors (Lipinski definition) is 1. The van der Waals surface area contributed by atoms with Crippen molar-refractivity contribution < 1.29 is 5.11 Å². The third-order valence-electron chi connectivity index (χ3n) is 2.08. The number of fused-ring (bicyclic) bond motifs is 1. The van der Waals surface area contributed by atoms with Crippen molar-refractivity contribution in [3.05, 3.63) is 48.5 Å². The van der Waals surface area contributed by atoms with Crippen LogP contribution in [0.4, 0.5) is 0 Å². The van der Waals surface area contributed by atoms with Gasteiger partial charge in [-0.1, -0.05) is 30.9 Å². The molecular weight excluding hydrogens is 160 g/mol. The maximum absolute atomic E-state index is 9.27. The molecule has 64 valence electrons. The van der Waals surface area contributed by atoms with Gasteiger partial charge < -0.3 is 5.11 Å². The predicted octanol–water partition coefficient (Wildman–Crippen LogP) is 3.19. The first-order valence-electron chi connectivity index (χ1n) is 4.15. The van der Waals surface area contributed by atoms with Crippen LogP contribution in [0.1, 0.15) is 5.56 Å². The minimum Gasteiger partial charge on any atom is -0.508 e. The highest BCUT2D eigenvalue weighted by atomic mass is 16.3. The first kappa shape index (κ1) is 7.87. The fourth-order valence-electron chi connectivity index (χ4n) is 1.38. The normalized spacial score (nSPS) is 10.2. The minimum absolute atomic E-state index is 0.300. The molecule has 2 aromatic carbocycles. The Kier molecular flexibility index (Phi) is 1.78. The highest BCUT2D eigenvalue weighted by Crippen LogP contribution is 2.21. The van der Waals surface area contributed by atoms with Crippen LogP contribution in [0.25, 0.3) is 16.8 Å². The van der Waals surface area contributed by atoms with E-state index in [0.717, 1.165) is 16.3 Å². The van der Waals surface area contributed by atoms with Crippen LogP contribution in [0.3, 0.4) is 0 Å². The fraction of sp³-hybridized carbons (Fsp3) is 0. The zero-order chi connectivity index (χ0) is 9.26. The highest BCUT2D eigenvalue weighted by molar-refractivity contribution is 5.85. The lowest BCUT2D eigenvalue weighted by atomic mass is 10.1. The van der Waals surface area contributed by atoms with E-state index in [4.69, 9.17) is 0 Å². The Morgan fingerprint density at radius 1 is 1.00 bits per heavy atom. The van der Waals surface area contributed by atoms with Crippen molar-refractivity contribution in [2.45, 2.75) is 0 Å². The summed E-state index contributed by atoms with van der Waals surface area (Å²) in [7, 11) is 0. The van der Waals surface area contributed by atoms with Gasteiger partial charge in [0.05, 0.1) is 0 Å². The first-order valence-corrected chi connectivity index (χ1v) is 4.15. The van der Waals surface area contributed by atoms with Crippen LogP contribution in [0.5, 0.6) is 5.75 Å². The van der Waals surface area contributed by atoms with Gasteiger partial charge in [-0.25, -0.2) is 0 Å². The van der Waals surface area contributed by atoms with Gasteiger partial charge in [-0.05, 0) is 34.5 Å². The van der Waals surface area contributed by atoms with Crippen molar-refractivity contribution in [3.8, 4) is 5.75 Å². The van der Waals surface area contributed by atoms with Gasteiger partial charge in [0.1, 0.15) is 5.75 Å². The van der Waals surface area contributed by atoms with E-state index in [1.54, 1.807) is 18.2 Å². The van der Waals surface area contributed by atoms with Gasteiger partial charge in [0.2, 0.25) is 0 Å². The number of phenols is 1. The van der Waals surface area contributed by atoms with Gasteiger partial charge in [0.15, 0.2) is 0 Å². The largest absolute Gasteiger partial charge is 0.508 e. The van der Waals surface area contributed by atoms with Crippen molar-refractivity contribution >= 4 is 16.8 Å². The molecule has 0 aliphatic rings. The molecule has 0 saturated heterocycles. The number of aromatic hydroxyl groups is 1. The van der Waals surface area contributed by atoms with E-state index in [-0.39, 0.29) is 0 Å². The van der Waals surface area contributed by atoms with Crippen LogP contribution in [0.2, 0.25) is 0 Å². The molecule has 0 spiro atoms. The summed E-state index contributed by atoms with van der Waals surface area (Å²) in [6.45, 7) is 3.70. The number of phenolic OH excluding ortho intramolecular Hbond substituents is 1. The number of hydrogen-bond donors (Lipinski definition) is 1. The Bertz CT molecular complexity index is 458. The molecular formula is C12H10O. The van der Waals surface area contributed by atoms with Gasteiger partial charge >= 0.3 is 0 Å². The van der Waals surface area contributed by atoms with Gasteiger partial charge in [0, 0.05) is 0 Å². The summed E-state index contributed by atoms with van der Waals surface area (Å²) in [5.74, 6) is 0.300. The Morgan fingerprint density at radius 2 is 1.77 bits per heavy atom. The van der Waals surface area contributed by atoms with Crippen LogP contribution in [-0.4, -0.2) is 5.11 Å².